The molecule has 0 radical (unpaired) electrons. The van der Waals surface area contributed by atoms with E-state index in [0.29, 0.717) is 16.9 Å². The van der Waals surface area contributed by atoms with Crippen molar-refractivity contribution in [3.05, 3.63) is 64.6 Å². The highest BCUT2D eigenvalue weighted by atomic mass is 32.2. The molecule has 2 heterocycles. The number of hydrogen-bond acceptors (Lipinski definition) is 7. The van der Waals surface area contributed by atoms with E-state index < -0.39 is 33.6 Å². The number of carbonyl (C=O) groups excluding carboxylic acids is 3. The van der Waals surface area contributed by atoms with Crippen molar-refractivity contribution in [2.45, 2.75) is 6.92 Å². The third kappa shape index (κ3) is 4.89. The molecule has 9 nitrogen and oxygen atoms in total. The molecular weight excluding hydrogens is 498 g/mol. The number of aryl methyl sites for hydroxylation is 1. The number of thiocarbonyl (C=S) groups is 1. The van der Waals surface area contributed by atoms with E-state index in [2.05, 4.69) is 5.32 Å². The fourth-order valence-corrected chi connectivity index (χ4v) is 5.43. The van der Waals surface area contributed by atoms with Gasteiger partial charge >= 0.3 is 0 Å². The number of amides is 3. The number of benzene rings is 2. The summed E-state index contributed by atoms with van der Waals surface area (Å²) in [5.74, 6) is -2.24. The first-order chi connectivity index (χ1) is 16.0. The number of para-hydroxylation sites is 1. The smallest absolute Gasteiger partial charge is 0.267 e. The lowest BCUT2D eigenvalue weighted by atomic mass is 10.0. The van der Waals surface area contributed by atoms with Crippen molar-refractivity contribution in [2.75, 3.05) is 29.1 Å². The summed E-state index contributed by atoms with van der Waals surface area (Å²) in [5, 5.41) is 2.74. The van der Waals surface area contributed by atoms with Crippen LogP contribution >= 0.6 is 24.0 Å². The normalized spacial score (nSPS) is 18.0. The molecule has 0 saturated carbocycles. The second kappa shape index (κ2) is 9.29. The molecule has 1 fully saturated rings. The summed E-state index contributed by atoms with van der Waals surface area (Å²) in [7, 11) is -4.31. The van der Waals surface area contributed by atoms with Gasteiger partial charge in [-0.3, -0.25) is 28.7 Å². The highest BCUT2D eigenvalue weighted by molar-refractivity contribution is 8.26. The van der Waals surface area contributed by atoms with E-state index in [1.165, 1.54) is 4.90 Å². The Morgan fingerprint density at radius 3 is 2.47 bits per heavy atom. The molecule has 0 spiro atoms. The molecule has 2 aliphatic heterocycles. The van der Waals surface area contributed by atoms with Gasteiger partial charge in [0.05, 0.1) is 21.9 Å². The van der Waals surface area contributed by atoms with Crippen LogP contribution in [0.3, 0.4) is 0 Å². The van der Waals surface area contributed by atoms with E-state index in [4.69, 9.17) is 16.8 Å². The van der Waals surface area contributed by atoms with E-state index in [9.17, 15) is 22.8 Å². The van der Waals surface area contributed by atoms with Crippen LogP contribution in [-0.4, -0.2) is 58.8 Å². The molecule has 0 bridgehead atoms. The highest BCUT2D eigenvalue weighted by Crippen LogP contribution is 2.44. The van der Waals surface area contributed by atoms with Gasteiger partial charge in [-0.15, -0.1) is 0 Å². The van der Waals surface area contributed by atoms with Gasteiger partial charge in [0.25, 0.3) is 21.9 Å². The summed E-state index contributed by atoms with van der Waals surface area (Å²) in [5.41, 5.74) is 2.52. The summed E-state index contributed by atoms with van der Waals surface area (Å²) in [4.78, 5) is 41.6. The average Bonchev–Trinajstić information content (AvgIpc) is 3.18. The van der Waals surface area contributed by atoms with Gasteiger partial charge in [0.15, 0.2) is 0 Å². The van der Waals surface area contributed by atoms with Gasteiger partial charge in [-0.25, -0.2) is 0 Å². The van der Waals surface area contributed by atoms with E-state index in [1.54, 1.807) is 42.5 Å². The zero-order valence-electron chi connectivity index (χ0n) is 17.8. The summed E-state index contributed by atoms with van der Waals surface area (Å²) < 4.78 is 31.4. The molecule has 0 unspecified atom stereocenters. The van der Waals surface area contributed by atoms with Crippen LogP contribution in [0.2, 0.25) is 0 Å². The lowest BCUT2D eigenvalue weighted by Crippen LogP contribution is -2.36. The first-order valence-corrected chi connectivity index (χ1v) is 12.9. The molecule has 2 N–H and O–H groups in total. The topological polar surface area (TPSA) is 124 Å². The van der Waals surface area contributed by atoms with Gasteiger partial charge in [-0.1, -0.05) is 53.8 Å². The van der Waals surface area contributed by atoms with Crippen LogP contribution in [-0.2, 0) is 24.5 Å². The van der Waals surface area contributed by atoms with Gasteiger partial charge < -0.3 is 5.32 Å². The van der Waals surface area contributed by atoms with Crippen molar-refractivity contribution in [3.63, 3.8) is 0 Å². The molecule has 3 amide bonds. The highest BCUT2D eigenvalue weighted by Gasteiger charge is 2.42. The summed E-state index contributed by atoms with van der Waals surface area (Å²) in [6.45, 7) is 1.24. The van der Waals surface area contributed by atoms with Crippen molar-refractivity contribution < 1.29 is 27.4 Å². The molecular formula is C22H19N3O6S3. The third-order valence-electron chi connectivity index (χ3n) is 5.18. The van der Waals surface area contributed by atoms with Crippen LogP contribution in [0.25, 0.3) is 5.57 Å². The Labute approximate surface area is 205 Å². The molecule has 2 aromatic carbocycles. The predicted molar refractivity (Wildman–Crippen MR) is 134 cm³/mol. The Morgan fingerprint density at radius 1 is 1.09 bits per heavy atom. The van der Waals surface area contributed by atoms with Crippen molar-refractivity contribution in [3.8, 4) is 0 Å². The first-order valence-electron chi connectivity index (χ1n) is 10.1. The fourth-order valence-electron chi connectivity index (χ4n) is 3.64. The molecule has 0 aliphatic carbocycles. The van der Waals surface area contributed by atoms with Crippen molar-refractivity contribution >= 4 is 73.1 Å². The quantitative estimate of drug-likeness (QED) is 0.340. The van der Waals surface area contributed by atoms with Gasteiger partial charge in [0, 0.05) is 17.8 Å². The number of fused-ring (bicyclic) bond motifs is 1. The van der Waals surface area contributed by atoms with Gasteiger partial charge in [0.1, 0.15) is 10.9 Å². The maximum atomic E-state index is 13.4. The van der Waals surface area contributed by atoms with Crippen molar-refractivity contribution in [1.29, 1.82) is 0 Å². The SMILES string of the molecule is Cc1ccc2c(c1)/C(=C1/SC(=S)N(CCS(=O)(=O)O)C1=O)C(=O)N2CC(=O)Nc1ccccc1. The molecule has 12 heteroatoms. The minimum absolute atomic E-state index is 0.0585. The number of nitrogens with zero attached hydrogens (tertiary/aromatic N) is 2. The lowest BCUT2D eigenvalue weighted by molar-refractivity contribution is -0.122. The average molecular weight is 518 g/mol. The first kappa shape index (κ1) is 24.1. The van der Waals surface area contributed by atoms with Gasteiger partial charge in [0.2, 0.25) is 5.91 Å². The predicted octanol–water partition coefficient (Wildman–Crippen LogP) is 2.44. The van der Waals surface area contributed by atoms with Crippen LogP contribution < -0.4 is 10.2 Å². The molecule has 1 saturated heterocycles. The van der Waals surface area contributed by atoms with Crippen molar-refractivity contribution in [1.82, 2.24) is 4.90 Å². The van der Waals surface area contributed by atoms with Crippen LogP contribution in [0.1, 0.15) is 11.1 Å². The molecule has 4 rings (SSSR count). The lowest BCUT2D eigenvalue weighted by Gasteiger charge is -2.17. The number of thioether (sulfide) groups is 1. The van der Waals surface area contributed by atoms with Gasteiger partial charge in [-0.2, -0.15) is 8.42 Å². The Bertz CT molecular complexity index is 1360. The maximum absolute atomic E-state index is 13.4. The second-order valence-electron chi connectivity index (χ2n) is 7.64. The van der Waals surface area contributed by atoms with E-state index >= 15 is 0 Å². The van der Waals surface area contributed by atoms with E-state index in [0.717, 1.165) is 22.2 Å². The molecule has 0 atom stereocenters. The Balaban J connectivity index is 1.66. The minimum Gasteiger partial charge on any atom is -0.325 e. The van der Waals surface area contributed by atoms with Crippen LogP contribution in [0.15, 0.2) is 53.4 Å². The number of rotatable bonds is 6. The summed E-state index contributed by atoms with van der Waals surface area (Å²) >= 11 is 6.11. The van der Waals surface area contributed by atoms with Crippen LogP contribution in [0, 0.1) is 6.92 Å². The van der Waals surface area contributed by atoms with Crippen LogP contribution in [0.5, 0.6) is 0 Å². The monoisotopic (exact) mass is 517 g/mol. The minimum atomic E-state index is -4.31. The summed E-state index contributed by atoms with van der Waals surface area (Å²) in [6.07, 6.45) is 0. The zero-order chi connectivity index (χ0) is 24.6. The van der Waals surface area contributed by atoms with Crippen molar-refractivity contribution in [2.24, 2.45) is 0 Å². The standard InChI is InChI=1S/C22H19N3O6S3/c1-13-7-8-16-15(11-13)18(19-21(28)24(22(32)33-19)9-10-34(29,30)31)20(27)25(16)12-17(26)23-14-5-3-2-4-6-14/h2-8,11H,9-10,12H2,1H3,(H,23,26)(H,29,30,31)/b19-18-. The Kier molecular flexibility index (Phi) is 6.58. The van der Waals surface area contributed by atoms with Gasteiger partial charge in [-0.05, 0) is 31.2 Å². The number of hydrogen-bond donors (Lipinski definition) is 2. The molecule has 176 valence electrons. The Hall–Kier alpha value is -3.06. The molecule has 2 aromatic rings. The summed E-state index contributed by atoms with van der Waals surface area (Å²) in [6, 6.07) is 14.1. The zero-order valence-corrected chi connectivity index (χ0v) is 20.3. The fraction of sp³-hybridized carbons (Fsp3) is 0.182. The maximum Gasteiger partial charge on any atom is 0.267 e. The van der Waals surface area contributed by atoms with E-state index in [-0.39, 0.29) is 27.9 Å². The number of carbonyl (C=O) groups is 3. The third-order valence-corrected chi connectivity index (χ3v) is 7.33. The van der Waals surface area contributed by atoms with E-state index in [1.807, 2.05) is 13.0 Å². The molecule has 2 aliphatic rings. The molecule has 34 heavy (non-hydrogen) atoms. The Morgan fingerprint density at radius 2 is 1.79 bits per heavy atom. The molecule has 0 aromatic heterocycles. The largest absolute Gasteiger partial charge is 0.325 e. The number of anilines is 2. The second-order valence-corrected chi connectivity index (χ2v) is 10.9. The number of nitrogens with one attached hydrogen (secondary N) is 1. The van der Waals surface area contributed by atoms with Crippen LogP contribution in [0.4, 0.5) is 11.4 Å².